The van der Waals surface area contributed by atoms with E-state index in [2.05, 4.69) is 15.2 Å². The van der Waals surface area contributed by atoms with Crippen LogP contribution >= 0.6 is 0 Å². The van der Waals surface area contributed by atoms with E-state index in [-0.39, 0.29) is 11.6 Å². The zero-order valence-electron chi connectivity index (χ0n) is 11.4. The van der Waals surface area contributed by atoms with E-state index in [0.29, 0.717) is 19.6 Å². The molecule has 0 unspecified atom stereocenters. The second-order valence-electron chi connectivity index (χ2n) is 4.84. The molecule has 2 heterocycles. The minimum Gasteiger partial charge on any atom is -0.368 e. The van der Waals surface area contributed by atoms with E-state index in [1.165, 1.54) is 0 Å². The Hall–Kier alpha value is -1.43. The summed E-state index contributed by atoms with van der Waals surface area (Å²) in [7, 11) is 2.03. The fraction of sp³-hybridized carbons (Fsp3) is 0.615. The van der Waals surface area contributed by atoms with Gasteiger partial charge in [-0.05, 0) is 13.5 Å². The number of aromatic nitrogens is 1. The molecule has 4 nitrogen and oxygen atoms in total. The van der Waals surface area contributed by atoms with Crippen molar-refractivity contribution >= 4 is 11.6 Å². The largest absolute Gasteiger partial charge is 0.368 e. The number of rotatable bonds is 4. The van der Waals surface area contributed by atoms with E-state index < -0.39 is 11.6 Å². The van der Waals surface area contributed by atoms with Crippen molar-refractivity contribution in [2.75, 3.05) is 50.0 Å². The Labute approximate surface area is 112 Å². The van der Waals surface area contributed by atoms with Crippen LogP contribution in [-0.4, -0.2) is 49.7 Å². The van der Waals surface area contributed by atoms with E-state index >= 15 is 0 Å². The van der Waals surface area contributed by atoms with Gasteiger partial charge in [-0.15, -0.1) is 0 Å². The fourth-order valence-electron chi connectivity index (χ4n) is 2.06. The zero-order chi connectivity index (χ0) is 13.8. The van der Waals surface area contributed by atoms with Gasteiger partial charge in [-0.2, -0.15) is 0 Å². The molecule has 0 aliphatic carbocycles. The Balaban J connectivity index is 2.19. The third kappa shape index (κ3) is 3.32. The van der Waals surface area contributed by atoms with Gasteiger partial charge in [0.1, 0.15) is 0 Å². The van der Waals surface area contributed by atoms with Crippen molar-refractivity contribution in [2.24, 2.45) is 0 Å². The maximum atomic E-state index is 13.8. The van der Waals surface area contributed by atoms with Gasteiger partial charge in [0.2, 0.25) is 0 Å². The first-order chi connectivity index (χ1) is 9.11. The van der Waals surface area contributed by atoms with Gasteiger partial charge in [0.05, 0.1) is 0 Å². The first kappa shape index (κ1) is 14.0. The Kier molecular flexibility index (Phi) is 4.52. The van der Waals surface area contributed by atoms with Crippen LogP contribution in [0.3, 0.4) is 0 Å². The van der Waals surface area contributed by atoms with Crippen LogP contribution in [0.1, 0.15) is 13.3 Å². The Morgan fingerprint density at radius 1 is 1.21 bits per heavy atom. The predicted octanol–water partition coefficient (Wildman–Crippen LogP) is 1.93. The van der Waals surface area contributed by atoms with Crippen LogP contribution in [0.25, 0.3) is 0 Å². The smallest absolute Gasteiger partial charge is 0.168 e. The number of hydrogen-bond acceptors (Lipinski definition) is 4. The van der Waals surface area contributed by atoms with Gasteiger partial charge in [-0.3, -0.25) is 0 Å². The topological polar surface area (TPSA) is 31.4 Å². The molecule has 1 aromatic heterocycles. The van der Waals surface area contributed by atoms with E-state index in [9.17, 15) is 8.78 Å². The molecule has 2 rings (SSSR count). The van der Waals surface area contributed by atoms with E-state index in [1.54, 1.807) is 0 Å². The van der Waals surface area contributed by atoms with Crippen LogP contribution in [0.15, 0.2) is 6.07 Å². The zero-order valence-corrected chi connectivity index (χ0v) is 11.4. The third-order valence-electron chi connectivity index (χ3n) is 3.26. The van der Waals surface area contributed by atoms with Gasteiger partial charge in [-0.1, -0.05) is 6.92 Å². The van der Waals surface area contributed by atoms with Crippen LogP contribution in [0.4, 0.5) is 20.4 Å². The first-order valence-corrected chi connectivity index (χ1v) is 6.65. The lowest BCUT2D eigenvalue weighted by Gasteiger charge is -2.33. The van der Waals surface area contributed by atoms with Crippen molar-refractivity contribution in [3.8, 4) is 0 Å². The summed E-state index contributed by atoms with van der Waals surface area (Å²) in [6.45, 7) is 5.73. The number of likely N-dealkylation sites (N-methyl/N-ethyl adjacent to an activating group) is 1. The van der Waals surface area contributed by atoms with E-state index in [1.807, 2.05) is 18.9 Å². The number of nitrogens with zero attached hydrogens (tertiary/aromatic N) is 3. The average molecular weight is 270 g/mol. The van der Waals surface area contributed by atoms with Gasteiger partial charge in [0.25, 0.3) is 0 Å². The highest BCUT2D eigenvalue weighted by Gasteiger charge is 2.20. The molecule has 0 spiro atoms. The van der Waals surface area contributed by atoms with Gasteiger partial charge in [-0.25, -0.2) is 13.8 Å². The maximum Gasteiger partial charge on any atom is 0.168 e. The predicted molar refractivity (Wildman–Crippen MR) is 72.6 cm³/mol. The summed E-state index contributed by atoms with van der Waals surface area (Å²) < 4.78 is 27.4. The molecule has 0 radical (unpaired) electrons. The second kappa shape index (κ2) is 6.14. The van der Waals surface area contributed by atoms with Crippen molar-refractivity contribution in [3.63, 3.8) is 0 Å². The van der Waals surface area contributed by atoms with Crippen molar-refractivity contribution < 1.29 is 8.78 Å². The van der Waals surface area contributed by atoms with Crippen LogP contribution < -0.4 is 10.2 Å². The van der Waals surface area contributed by atoms with Crippen molar-refractivity contribution in [1.29, 1.82) is 0 Å². The van der Waals surface area contributed by atoms with Crippen molar-refractivity contribution in [3.05, 3.63) is 17.7 Å². The van der Waals surface area contributed by atoms with Crippen molar-refractivity contribution in [1.82, 2.24) is 9.88 Å². The summed E-state index contributed by atoms with van der Waals surface area (Å²) in [5.41, 5.74) is 0. The summed E-state index contributed by atoms with van der Waals surface area (Å²) in [6.07, 6.45) is 0.863. The number of pyridine rings is 1. The Morgan fingerprint density at radius 3 is 2.53 bits per heavy atom. The first-order valence-electron chi connectivity index (χ1n) is 6.65. The summed E-state index contributed by atoms with van der Waals surface area (Å²) in [5.74, 6) is -0.849. The lowest BCUT2D eigenvalue weighted by Crippen LogP contribution is -2.45. The number of halogens is 2. The van der Waals surface area contributed by atoms with Crippen LogP contribution in [-0.2, 0) is 0 Å². The van der Waals surface area contributed by atoms with Crippen molar-refractivity contribution in [2.45, 2.75) is 13.3 Å². The standard InChI is InChI=1S/C13H20F2N4/c1-3-4-16-12-10(14)9-11(15)13(17-12)19-7-5-18(2)6-8-19/h9H,3-8H2,1-2H3,(H,16,17). The Morgan fingerprint density at radius 2 is 1.89 bits per heavy atom. The normalized spacial score (nSPS) is 16.7. The Bertz CT molecular complexity index is 431. The lowest BCUT2D eigenvalue weighted by atomic mass is 10.3. The highest BCUT2D eigenvalue weighted by atomic mass is 19.1. The molecular weight excluding hydrogens is 250 g/mol. The number of anilines is 2. The molecule has 1 aliphatic rings. The summed E-state index contributed by atoms with van der Waals surface area (Å²) in [5, 5.41) is 2.89. The lowest BCUT2D eigenvalue weighted by molar-refractivity contribution is 0.310. The molecule has 1 aromatic rings. The van der Waals surface area contributed by atoms with Gasteiger partial charge < -0.3 is 15.1 Å². The molecule has 0 atom stereocenters. The SMILES string of the molecule is CCCNc1nc(N2CCN(C)CC2)c(F)cc1F. The molecule has 106 valence electrons. The van der Waals surface area contributed by atoms with Crippen LogP contribution in [0, 0.1) is 11.6 Å². The molecule has 6 heteroatoms. The number of piperazine rings is 1. The van der Waals surface area contributed by atoms with Crippen LogP contribution in [0.2, 0.25) is 0 Å². The van der Waals surface area contributed by atoms with Crippen LogP contribution in [0.5, 0.6) is 0 Å². The highest BCUT2D eigenvalue weighted by molar-refractivity contribution is 5.49. The summed E-state index contributed by atoms with van der Waals surface area (Å²) >= 11 is 0. The average Bonchev–Trinajstić information content (AvgIpc) is 2.39. The highest BCUT2D eigenvalue weighted by Crippen LogP contribution is 2.23. The number of nitrogens with one attached hydrogen (secondary N) is 1. The number of hydrogen-bond donors (Lipinski definition) is 1. The summed E-state index contributed by atoms with van der Waals surface area (Å²) in [6, 6.07) is 0.915. The summed E-state index contributed by atoms with van der Waals surface area (Å²) in [4.78, 5) is 8.15. The third-order valence-corrected chi connectivity index (χ3v) is 3.26. The molecule has 1 saturated heterocycles. The molecule has 19 heavy (non-hydrogen) atoms. The molecule has 1 fully saturated rings. The molecular formula is C13H20F2N4. The molecule has 0 amide bonds. The molecule has 0 bridgehead atoms. The van der Waals surface area contributed by atoms with Gasteiger partial charge >= 0.3 is 0 Å². The van der Waals surface area contributed by atoms with E-state index in [0.717, 1.165) is 25.6 Å². The molecule has 1 N–H and O–H groups in total. The monoisotopic (exact) mass is 270 g/mol. The molecule has 0 saturated carbocycles. The quantitative estimate of drug-likeness (QED) is 0.906. The minimum atomic E-state index is -0.635. The maximum absolute atomic E-state index is 13.8. The van der Waals surface area contributed by atoms with Gasteiger partial charge in [0, 0.05) is 38.8 Å². The molecule has 0 aromatic carbocycles. The fourth-order valence-corrected chi connectivity index (χ4v) is 2.06. The van der Waals surface area contributed by atoms with Gasteiger partial charge in [0.15, 0.2) is 23.3 Å². The minimum absolute atomic E-state index is 0.136. The molecule has 1 aliphatic heterocycles. The second-order valence-corrected chi connectivity index (χ2v) is 4.84. The van der Waals surface area contributed by atoms with E-state index in [4.69, 9.17) is 0 Å².